The van der Waals surface area contributed by atoms with Crippen LogP contribution < -0.4 is 14.8 Å². The first-order valence-corrected chi connectivity index (χ1v) is 13.8. The highest BCUT2D eigenvalue weighted by Crippen LogP contribution is 2.43. The number of halogens is 4. The minimum absolute atomic E-state index is 0.0460. The Morgan fingerprint density at radius 1 is 1.10 bits per heavy atom. The van der Waals surface area contributed by atoms with Crippen molar-refractivity contribution in [2.75, 3.05) is 19.8 Å². The lowest BCUT2D eigenvalue weighted by Gasteiger charge is -2.25. The minimum Gasteiger partial charge on any atom is -0.493 e. The molecule has 2 aliphatic rings. The number of ether oxygens (including phenoxy) is 3. The monoisotopic (exact) mass is 588 g/mol. The summed E-state index contributed by atoms with van der Waals surface area (Å²) in [4.78, 5) is 28.9. The topological polar surface area (TPSA) is 86.8 Å². The van der Waals surface area contributed by atoms with Gasteiger partial charge in [0, 0.05) is 35.3 Å². The first-order chi connectivity index (χ1) is 19.6. The lowest BCUT2D eigenvalue weighted by Crippen LogP contribution is -2.26. The summed E-state index contributed by atoms with van der Waals surface area (Å²) in [5.41, 5.74) is 1.33. The smallest absolute Gasteiger partial charge is 0.433 e. The van der Waals surface area contributed by atoms with E-state index in [1.807, 2.05) is 0 Å². The molecule has 1 atom stereocenters. The highest BCUT2D eigenvalue weighted by molar-refractivity contribution is 6.32. The number of nitrogens with zero attached hydrogens (tertiary/aromatic N) is 1. The van der Waals surface area contributed by atoms with Gasteiger partial charge in [-0.25, -0.2) is 4.98 Å². The third kappa shape index (κ3) is 6.75. The van der Waals surface area contributed by atoms with Gasteiger partial charge in [0.15, 0.2) is 0 Å². The number of hydrogen-bond acceptors (Lipinski definition) is 6. The number of carbonyl (C=O) groups excluding carboxylic acids is 2. The number of amides is 1. The fraction of sp³-hybridized carbons (Fsp3) is 0.367. The molecule has 1 unspecified atom stereocenters. The molecule has 1 aliphatic carbocycles. The van der Waals surface area contributed by atoms with Crippen LogP contribution in [0.5, 0.6) is 17.2 Å². The van der Waals surface area contributed by atoms with Gasteiger partial charge < -0.3 is 19.5 Å². The summed E-state index contributed by atoms with van der Waals surface area (Å²) in [6, 6.07) is 12.2. The molecule has 0 radical (unpaired) electrons. The third-order valence-electron chi connectivity index (χ3n) is 6.97. The van der Waals surface area contributed by atoms with Crippen molar-refractivity contribution >= 4 is 23.5 Å². The van der Waals surface area contributed by atoms with Crippen LogP contribution in [0.4, 0.5) is 13.2 Å². The maximum absolute atomic E-state index is 13.1. The largest absolute Gasteiger partial charge is 0.493 e. The fourth-order valence-electron chi connectivity index (χ4n) is 4.75. The number of hydrogen-bond donors (Lipinski definition) is 1. The van der Waals surface area contributed by atoms with Crippen LogP contribution in [0, 0.1) is 0 Å². The third-order valence-corrected chi connectivity index (χ3v) is 7.26. The molecule has 216 valence electrons. The fourth-order valence-corrected chi connectivity index (χ4v) is 4.96. The Morgan fingerprint density at radius 2 is 1.85 bits per heavy atom. The van der Waals surface area contributed by atoms with E-state index in [4.69, 9.17) is 25.8 Å². The second-order valence-electron chi connectivity index (χ2n) is 9.91. The number of fused-ring (bicyclic) bond motifs is 1. The molecule has 11 heteroatoms. The van der Waals surface area contributed by atoms with E-state index < -0.39 is 17.8 Å². The number of pyridine rings is 1. The molecule has 1 aliphatic heterocycles. The van der Waals surface area contributed by atoms with Crippen molar-refractivity contribution in [1.82, 2.24) is 10.3 Å². The molecule has 41 heavy (non-hydrogen) atoms. The molecule has 1 fully saturated rings. The highest BCUT2D eigenvalue weighted by Gasteiger charge is 2.35. The molecular weight excluding hydrogens is 561 g/mol. The predicted octanol–water partition coefficient (Wildman–Crippen LogP) is 6.83. The van der Waals surface area contributed by atoms with E-state index in [1.54, 1.807) is 43.3 Å². The first kappa shape index (κ1) is 28.7. The molecule has 0 spiro atoms. The predicted molar refractivity (Wildman–Crippen MR) is 145 cm³/mol. The zero-order valence-electron chi connectivity index (χ0n) is 22.2. The molecule has 3 aromatic rings. The van der Waals surface area contributed by atoms with Gasteiger partial charge in [-0.1, -0.05) is 17.7 Å². The SMILES string of the molecule is CCOC(=O)C1CCOc2cc(Oc3ccc(C(=O)NCCc4ccc(C(F)(F)F)nc4C4CC4)cc3)c(Cl)cc21. The number of esters is 1. The summed E-state index contributed by atoms with van der Waals surface area (Å²) in [6.07, 6.45) is -1.98. The van der Waals surface area contributed by atoms with Gasteiger partial charge in [0.2, 0.25) is 0 Å². The first-order valence-electron chi connectivity index (χ1n) is 13.4. The number of rotatable bonds is 9. The summed E-state index contributed by atoms with van der Waals surface area (Å²) >= 11 is 6.46. The van der Waals surface area contributed by atoms with E-state index in [0.29, 0.717) is 64.1 Å². The summed E-state index contributed by atoms with van der Waals surface area (Å²) in [6.45, 7) is 2.65. The van der Waals surface area contributed by atoms with Gasteiger partial charge in [0.05, 0.1) is 24.2 Å². The molecule has 2 heterocycles. The maximum Gasteiger partial charge on any atom is 0.433 e. The summed E-state index contributed by atoms with van der Waals surface area (Å²) in [7, 11) is 0. The van der Waals surface area contributed by atoms with Crippen molar-refractivity contribution in [1.29, 1.82) is 0 Å². The second kappa shape index (κ2) is 12.0. The van der Waals surface area contributed by atoms with Gasteiger partial charge in [0.25, 0.3) is 5.91 Å². The molecule has 1 aromatic heterocycles. The zero-order valence-corrected chi connectivity index (χ0v) is 23.0. The second-order valence-corrected chi connectivity index (χ2v) is 10.3. The molecule has 1 N–H and O–H groups in total. The van der Waals surface area contributed by atoms with Crippen molar-refractivity contribution in [3.8, 4) is 17.2 Å². The van der Waals surface area contributed by atoms with Crippen molar-refractivity contribution in [3.05, 3.63) is 81.6 Å². The van der Waals surface area contributed by atoms with Crippen molar-refractivity contribution < 1.29 is 37.0 Å². The number of nitrogens with one attached hydrogen (secondary N) is 1. The van der Waals surface area contributed by atoms with Gasteiger partial charge in [-0.3, -0.25) is 9.59 Å². The Hall–Kier alpha value is -3.79. The molecular formula is C30H28ClF3N2O5. The Balaban J connectivity index is 1.19. The van der Waals surface area contributed by atoms with E-state index in [-0.39, 0.29) is 30.9 Å². The normalized spacial score (nSPS) is 16.4. The van der Waals surface area contributed by atoms with Crippen LogP contribution in [-0.2, 0) is 22.1 Å². The van der Waals surface area contributed by atoms with Crippen LogP contribution in [0.15, 0.2) is 48.5 Å². The van der Waals surface area contributed by atoms with Crippen LogP contribution >= 0.6 is 11.6 Å². The summed E-state index contributed by atoms with van der Waals surface area (Å²) in [5, 5.41) is 3.11. The molecule has 0 saturated heterocycles. The van der Waals surface area contributed by atoms with Gasteiger partial charge in [-0.15, -0.1) is 0 Å². The van der Waals surface area contributed by atoms with E-state index in [1.165, 1.54) is 6.07 Å². The molecule has 1 amide bonds. The number of alkyl halides is 3. The average Bonchev–Trinajstić information content (AvgIpc) is 3.79. The van der Waals surface area contributed by atoms with Crippen LogP contribution in [0.2, 0.25) is 5.02 Å². The number of carbonyl (C=O) groups is 2. The van der Waals surface area contributed by atoms with Crippen LogP contribution in [-0.4, -0.2) is 36.6 Å². The van der Waals surface area contributed by atoms with Gasteiger partial charge in [-0.05, 0) is 74.6 Å². The Labute approximate surface area is 240 Å². The van der Waals surface area contributed by atoms with E-state index in [0.717, 1.165) is 18.9 Å². The van der Waals surface area contributed by atoms with E-state index >= 15 is 0 Å². The van der Waals surface area contributed by atoms with Crippen molar-refractivity contribution in [3.63, 3.8) is 0 Å². The van der Waals surface area contributed by atoms with Crippen LogP contribution in [0.1, 0.15) is 70.9 Å². The molecule has 2 aromatic carbocycles. The Morgan fingerprint density at radius 3 is 2.54 bits per heavy atom. The van der Waals surface area contributed by atoms with Crippen molar-refractivity contribution in [2.24, 2.45) is 0 Å². The standard InChI is InChI=1S/C30H28ClF3N2O5/c1-2-39-29(38)21-12-14-40-24-16-25(23(31)15-22(21)24)41-20-8-5-19(6-9-20)28(37)35-13-11-18-7-10-26(30(32,33)34)36-27(18)17-3-4-17/h5-10,15-17,21H,2-4,11-14H2,1H3,(H,35,37). The Kier molecular flexibility index (Phi) is 8.40. The highest BCUT2D eigenvalue weighted by atomic mass is 35.5. The van der Waals surface area contributed by atoms with Gasteiger partial charge in [-0.2, -0.15) is 13.2 Å². The van der Waals surface area contributed by atoms with Crippen molar-refractivity contribution in [2.45, 2.75) is 50.6 Å². The number of benzene rings is 2. The van der Waals surface area contributed by atoms with Crippen LogP contribution in [0.25, 0.3) is 0 Å². The zero-order chi connectivity index (χ0) is 29.1. The van der Waals surface area contributed by atoms with E-state index in [2.05, 4.69) is 10.3 Å². The summed E-state index contributed by atoms with van der Waals surface area (Å²) < 4.78 is 56.0. The molecule has 7 nitrogen and oxygen atoms in total. The van der Waals surface area contributed by atoms with Gasteiger partial charge in [0.1, 0.15) is 22.9 Å². The Bertz CT molecular complexity index is 1440. The van der Waals surface area contributed by atoms with Gasteiger partial charge >= 0.3 is 12.1 Å². The molecule has 5 rings (SSSR count). The molecule has 1 saturated carbocycles. The summed E-state index contributed by atoms with van der Waals surface area (Å²) in [5.74, 6) is 0.209. The van der Waals surface area contributed by atoms with Crippen LogP contribution in [0.3, 0.4) is 0 Å². The average molecular weight is 589 g/mol. The number of aromatic nitrogens is 1. The lowest BCUT2D eigenvalue weighted by molar-refractivity contribution is -0.145. The van der Waals surface area contributed by atoms with E-state index in [9.17, 15) is 22.8 Å². The maximum atomic E-state index is 13.1. The minimum atomic E-state index is -4.49. The molecule has 0 bridgehead atoms. The lowest BCUT2D eigenvalue weighted by atomic mass is 9.93. The quantitative estimate of drug-likeness (QED) is 0.276.